The summed E-state index contributed by atoms with van der Waals surface area (Å²) < 4.78 is 10.3. The summed E-state index contributed by atoms with van der Waals surface area (Å²) in [6.07, 6.45) is 1.85. The van der Waals surface area contributed by atoms with Crippen LogP contribution < -0.4 is 0 Å². The number of hydrogen-bond acceptors (Lipinski definition) is 5. The van der Waals surface area contributed by atoms with E-state index in [9.17, 15) is 4.79 Å². The van der Waals surface area contributed by atoms with Crippen LogP contribution in [0.15, 0.2) is 0 Å². The summed E-state index contributed by atoms with van der Waals surface area (Å²) in [4.78, 5) is 11.0. The lowest BCUT2D eigenvalue weighted by atomic mass is 10.2. The average Bonchev–Trinajstić information content (AvgIpc) is 2.11. The summed E-state index contributed by atoms with van der Waals surface area (Å²) in [7, 11) is 1.49. The predicted octanol–water partition coefficient (Wildman–Crippen LogP) is 2.86. The molecule has 0 aromatic carbocycles. The molecule has 0 amide bonds. The van der Waals surface area contributed by atoms with Crippen molar-refractivity contribution in [3.8, 4) is 0 Å². The van der Waals surface area contributed by atoms with E-state index in [0.717, 1.165) is 0 Å². The van der Waals surface area contributed by atoms with Gasteiger partial charge in [0.25, 0.3) is 0 Å². The maximum Gasteiger partial charge on any atom is 0.307 e. The minimum absolute atomic E-state index is 0.176. The minimum Gasteiger partial charge on any atom is -0.434 e. The normalized spacial score (nSPS) is 13.0. The van der Waals surface area contributed by atoms with Gasteiger partial charge in [0.05, 0.1) is 11.1 Å². The van der Waals surface area contributed by atoms with Crippen molar-refractivity contribution in [2.45, 2.75) is 33.5 Å². The molecule has 0 aromatic rings. The van der Waals surface area contributed by atoms with E-state index < -0.39 is 6.29 Å². The van der Waals surface area contributed by atoms with Crippen LogP contribution in [-0.4, -0.2) is 18.5 Å². The lowest BCUT2D eigenvalue weighted by molar-refractivity contribution is -0.167. The molecule has 0 rings (SSSR count). The highest BCUT2D eigenvalue weighted by atomic mass is 33.1. The van der Waals surface area contributed by atoms with Crippen LogP contribution in [0.25, 0.3) is 0 Å². The molecule has 0 radical (unpaired) electrons. The Kier molecular flexibility index (Phi) is 7.60. The van der Waals surface area contributed by atoms with Crippen LogP contribution >= 0.6 is 21.9 Å². The zero-order chi connectivity index (χ0) is 10.3. The third kappa shape index (κ3) is 6.23. The van der Waals surface area contributed by atoms with Crippen molar-refractivity contribution in [1.29, 1.82) is 0 Å². The number of ether oxygens (including phenoxy) is 1. The van der Waals surface area contributed by atoms with Gasteiger partial charge in [-0.15, -0.1) is 0 Å². The number of carbonyl (C=O) groups is 1. The maximum atomic E-state index is 11.0. The molecule has 1 atom stereocenters. The first-order valence-corrected chi connectivity index (χ1v) is 6.65. The summed E-state index contributed by atoms with van der Waals surface area (Å²) in [6.45, 7) is 5.67. The van der Waals surface area contributed by atoms with Crippen LogP contribution in [0.3, 0.4) is 0 Å². The van der Waals surface area contributed by atoms with E-state index in [0.29, 0.717) is 6.42 Å². The average molecular weight is 224 g/mol. The van der Waals surface area contributed by atoms with Crippen molar-refractivity contribution in [2.75, 3.05) is 6.26 Å². The van der Waals surface area contributed by atoms with E-state index in [4.69, 9.17) is 8.92 Å². The smallest absolute Gasteiger partial charge is 0.307 e. The summed E-state index contributed by atoms with van der Waals surface area (Å²) in [5.41, 5.74) is 0. The van der Waals surface area contributed by atoms with Gasteiger partial charge in [0.15, 0.2) is 0 Å². The number of hydrogen-bond donors (Lipinski definition) is 0. The Bertz CT molecular complexity index is 150. The van der Waals surface area contributed by atoms with Gasteiger partial charge in [-0.2, -0.15) is 0 Å². The second kappa shape index (κ2) is 7.53. The highest BCUT2D eigenvalue weighted by Crippen LogP contribution is 2.24. The van der Waals surface area contributed by atoms with Crippen LogP contribution in [0.2, 0.25) is 0 Å². The van der Waals surface area contributed by atoms with Gasteiger partial charge in [-0.25, -0.2) is 0 Å². The molecule has 78 valence electrons. The van der Waals surface area contributed by atoms with Gasteiger partial charge < -0.3 is 4.74 Å². The first-order chi connectivity index (χ1) is 6.11. The summed E-state index contributed by atoms with van der Waals surface area (Å²) >= 11 is 1.24. The Morgan fingerprint density at radius 2 is 2.08 bits per heavy atom. The van der Waals surface area contributed by atoms with Crippen LogP contribution in [0.4, 0.5) is 0 Å². The van der Waals surface area contributed by atoms with Crippen molar-refractivity contribution in [1.82, 2.24) is 0 Å². The molecule has 0 spiro atoms. The zero-order valence-corrected chi connectivity index (χ0v) is 10.0. The molecule has 0 heterocycles. The SMILES string of the molecule is CCC(=O)OC(OSSC)C(C)C. The van der Waals surface area contributed by atoms with E-state index in [-0.39, 0.29) is 11.9 Å². The van der Waals surface area contributed by atoms with Crippen molar-refractivity contribution in [3.05, 3.63) is 0 Å². The second-order valence-corrected chi connectivity index (χ2v) is 4.86. The minimum atomic E-state index is -0.440. The quantitative estimate of drug-likeness (QED) is 0.300. The summed E-state index contributed by atoms with van der Waals surface area (Å²) in [5.74, 6) is -0.0458. The predicted molar refractivity (Wildman–Crippen MR) is 57.2 cm³/mol. The van der Waals surface area contributed by atoms with Gasteiger partial charge in [-0.05, 0) is 6.26 Å². The molecular weight excluding hydrogens is 208 g/mol. The highest BCUT2D eigenvalue weighted by molar-refractivity contribution is 8.74. The van der Waals surface area contributed by atoms with Crippen molar-refractivity contribution in [3.63, 3.8) is 0 Å². The highest BCUT2D eigenvalue weighted by Gasteiger charge is 2.18. The Morgan fingerprint density at radius 3 is 2.46 bits per heavy atom. The lowest BCUT2D eigenvalue weighted by Crippen LogP contribution is -2.23. The van der Waals surface area contributed by atoms with E-state index in [1.807, 2.05) is 20.1 Å². The van der Waals surface area contributed by atoms with Gasteiger partial charge in [0.1, 0.15) is 0 Å². The van der Waals surface area contributed by atoms with Gasteiger partial charge in [0, 0.05) is 12.3 Å². The Hall–Kier alpha value is 0.130. The fourth-order valence-electron chi connectivity index (χ4n) is 0.558. The van der Waals surface area contributed by atoms with E-state index in [1.54, 1.807) is 6.92 Å². The van der Waals surface area contributed by atoms with Crippen LogP contribution in [-0.2, 0) is 13.7 Å². The lowest BCUT2D eigenvalue weighted by Gasteiger charge is -2.19. The Labute approximate surface area is 87.5 Å². The molecule has 5 heteroatoms. The molecule has 0 aliphatic carbocycles. The van der Waals surface area contributed by atoms with E-state index in [1.165, 1.54) is 21.9 Å². The van der Waals surface area contributed by atoms with E-state index >= 15 is 0 Å². The maximum absolute atomic E-state index is 11.0. The standard InChI is InChI=1S/C8H16O3S2/c1-5-7(9)10-8(6(2)3)11-13-12-4/h6,8H,5H2,1-4H3. The molecule has 0 aliphatic rings. The van der Waals surface area contributed by atoms with Gasteiger partial charge >= 0.3 is 5.97 Å². The Balaban J connectivity index is 3.87. The van der Waals surface area contributed by atoms with Crippen LogP contribution in [0, 0.1) is 5.92 Å². The summed E-state index contributed by atoms with van der Waals surface area (Å²) in [6, 6.07) is 0. The number of carbonyl (C=O) groups excluding carboxylic acids is 1. The molecule has 0 fully saturated rings. The van der Waals surface area contributed by atoms with Gasteiger partial charge in [0.2, 0.25) is 6.29 Å². The summed E-state index contributed by atoms with van der Waals surface area (Å²) in [5, 5.41) is 0. The molecule has 1 unspecified atom stereocenters. The fraction of sp³-hybridized carbons (Fsp3) is 0.875. The third-order valence-corrected chi connectivity index (χ3v) is 2.33. The Morgan fingerprint density at radius 1 is 1.46 bits per heavy atom. The monoisotopic (exact) mass is 224 g/mol. The molecule has 0 N–H and O–H groups in total. The number of rotatable bonds is 6. The van der Waals surface area contributed by atoms with E-state index in [2.05, 4.69) is 0 Å². The molecule has 13 heavy (non-hydrogen) atoms. The first-order valence-electron chi connectivity index (χ1n) is 4.17. The second-order valence-electron chi connectivity index (χ2n) is 2.79. The fourth-order valence-corrected chi connectivity index (χ4v) is 1.44. The largest absolute Gasteiger partial charge is 0.434 e. The van der Waals surface area contributed by atoms with Crippen molar-refractivity contribution < 1.29 is 13.7 Å². The molecule has 0 bridgehead atoms. The number of esters is 1. The topological polar surface area (TPSA) is 35.5 Å². The zero-order valence-electron chi connectivity index (χ0n) is 8.40. The molecule has 0 aromatic heterocycles. The molecule has 0 saturated carbocycles. The molecule has 3 nitrogen and oxygen atoms in total. The van der Waals surface area contributed by atoms with Crippen molar-refractivity contribution in [2.24, 2.45) is 5.92 Å². The molecule has 0 saturated heterocycles. The molecular formula is C8H16O3S2. The molecule has 0 aliphatic heterocycles. The van der Waals surface area contributed by atoms with Gasteiger partial charge in [-0.1, -0.05) is 31.6 Å². The third-order valence-electron chi connectivity index (χ3n) is 1.28. The van der Waals surface area contributed by atoms with Crippen LogP contribution in [0.5, 0.6) is 0 Å². The van der Waals surface area contributed by atoms with Crippen LogP contribution in [0.1, 0.15) is 27.2 Å². The van der Waals surface area contributed by atoms with Crippen molar-refractivity contribution >= 4 is 27.8 Å². The van der Waals surface area contributed by atoms with Gasteiger partial charge in [-0.3, -0.25) is 8.98 Å². The first kappa shape index (κ1) is 13.1.